The molecule has 1 N–H and O–H groups in total. The number of ether oxygens (including phenoxy) is 1. The zero-order chi connectivity index (χ0) is 25.9. The first-order chi connectivity index (χ1) is 17.9. The highest BCUT2D eigenvalue weighted by molar-refractivity contribution is 8.15. The smallest absolute Gasteiger partial charge is 0.262 e. The van der Waals surface area contributed by atoms with Crippen molar-refractivity contribution in [2.24, 2.45) is 10.1 Å². The number of nitrogens with zero attached hydrogens (tertiary/aromatic N) is 3. The van der Waals surface area contributed by atoms with Gasteiger partial charge in [-0.05, 0) is 54.4 Å². The van der Waals surface area contributed by atoms with Gasteiger partial charge in [-0.25, -0.2) is 5.01 Å². The zero-order valence-electron chi connectivity index (χ0n) is 20.3. The van der Waals surface area contributed by atoms with E-state index in [9.17, 15) is 9.59 Å². The molecule has 0 saturated carbocycles. The monoisotopic (exact) mass is 532 g/mol. The van der Waals surface area contributed by atoms with Crippen molar-refractivity contribution in [2.45, 2.75) is 31.1 Å². The molecule has 3 aromatic rings. The van der Waals surface area contributed by atoms with Crippen LogP contribution in [-0.4, -0.2) is 40.1 Å². The summed E-state index contributed by atoms with van der Waals surface area (Å²) in [5.41, 5.74) is 4.77. The van der Waals surface area contributed by atoms with Gasteiger partial charge in [0.2, 0.25) is 5.91 Å². The number of benzene rings is 3. The number of thioether (sulfide) groups is 1. The Bertz CT molecular complexity index is 1370. The molecule has 37 heavy (non-hydrogen) atoms. The van der Waals surface area contributed by atoms with Crippen molar-refractivity contribution in [3.63, 3.8) is 0 Å². The Morgan fingerprint density at radius 1 is 1.08 bits per heavy atom. The van der Waals surface area contributed by atoms with Crippen LogP contribution in [0.5, 0.6) is 5.75 Å². The third-order valence-electron chi connectivity index (χ3n) is 6.22. The molecule has 0 spiro atoms. The summed E-state index contributed by atoms with van der Waals surface area (Å²) in [7, 11) is 1.58. The average Bonchev–Trinajstić information content (AvgIpc) is 3.49. The summed E-state index contributed by atoms with van der Waals surface area (Å²) in [6.45, 7) is 2.05. The first-order valence-electron chi connectivity index (χ1n) is 11.8. The molecule has 0 unspecified atom stereocenters. The molecule has 0 aromatic heterocycles. The van der Waals surface area contributed by atoms with E-state index in [1.807, 2.05) is 36.2 Å². The predicted octanol–water partition coefficient (Wildman–Crippen LogP) is 5.83. The van der Waals surface area contributed by atoms with Gasteiger partial charge in [0.1, 0.15) is 11.0 Å². The standard InChI is InChI=1S/C28H25ClN4O3S/c1-17-3-5-18(6-4-17)23-15-24(19-7-9-20(29)10-8-19)33(32-23)28-31-27(35)25(37-28)16-26(34)30-21-11-13-22(36-2)14-12-21/h3-14,24-25H,15-16H2,1-2H3,(H,30,34)/t24-,25+/m0/s1. The quantitative estimate of drug-likeness (QED) is 0.431. The van der Waals surface area contributed by atoms with E-state index in [0.717, 1.165) is 16.8 Å². The molecular formula is C28H25ClN4O3S. The Hall–Kier alpha value is -3.62. The highest BCUT2D eigenvalue weighted by Crippen LogP contribution is 2.39. The van der Waals surface area contributed by atoms with Crippen LogP contribution in [0.4, 0.5) is 5.69 Å². The van der Waals surface area contributed by atoms with Gasteiger partial charge in [-0.3, -0.25) is 9.59 Å². The molecule has 2 aliphatic rings. The lowest BCUT2D eigenvalue weighted by Crippen LogP contribution is -2.25. The lowest BCUT2D eigenvalue weighted by atomic mass is 9.98. The molecule has 188 valence electrons. The van der Waals surface area contributed by atoms with Gasteiger partial charge in [0, 0.05) is 23.6 Å². The fourth-order valence-corrected chi connectivity index (χ4v) is 5.40. The van der Waals surface area contributed by atoms with E-state index in [0.29, 0.717) is 28.0 Å². The number of amides is 2. The number of halogens is 1. The third-order valence-corrected chi connectivity index (χ3v) is 7.61. The van der Waals surface area contributed by atoms with Crippen LogP contribution < -0.4 is 10.1 Å². The molecule has 7 nitrogen and oxygen atoms in total. The summed E-state index contributed by atoms with van der Waals surface area (Å²) < 4.78 is 5.15. The van der Waals surface area contributed by atoms with Gasteiger partial charge >= 0.3 is 0 Å². The molecule has 0 aliphatic carbocycles. The summed E-state index contributed by atoms with van der Waals surface area (Å²) in [6.07, 6.45) is 0.664. The Morgan fingerprint density at radius 3 is 2.46 bits per heavy atom. The summed E-state index contributed by atoms with van der Waals surface area (Å²) in [4.78, 5) is 29.8. The number of aryl methyl sites for hydroxylation is 1. The maximum Gasteiger partial charge on any atom is 0.262 e. The normalized spacial score (nSPS) is 19.0. The van der Waals surface area contributed by atoms with Crippen molar-refractivity contribution in [3.05, 3.63) is 94.5 Å². The van der Waals surface area contributed by atoms with Crippen molar-refractivity contribution >= 4 is 51.7 Å². The number of carbonyl (C=O) groups is 2. The molecule has 5 rings (SSSR count). The van der Waals surface area contributed by atoms with E-state index < -0.39 is 5.25 Å². The van der Waals surface area contributed by atoms with Gasteiger partial charge in [-0.2, -0.15) is 10.1 Å². The molecule has 0 saturated heterocycles. The first-order valence-corrected chi connectivity index (χ1v) is 13.1. The largest absolute Gasteiger partial charge is 0.497 e. The van der Waals surface area contributed by atoms with Gasteiger partial charge in [-0.1, -0.05) is 65.3 Å². The number of amidine groups is 1. The van der Waals surface area contributed by atoms with Gasteiger partial charge in [0.05, 0.1) is 18.9 Å². The summed E-state index contributed by atoms with van der Waals surface area (Å²) in [5, 5.41) is 10.1. The van der Waals surface area contributed by atoms with Crippen molar-refractivity contribution in [3.8, 4) is 5.75 Å². The van der Waals surface area contributed by atoms with Crippen LogP contribution in [0, 0.1) is 6.92 Å². The first kappa shape index (κ1) is 25.0. The maximum atomic E-state index is 12.8. The van der Waals surface area contributed by atoms with Crippen molar-refractivity contribution in [1.82, 2.24) is 5.01 Å². The number of aliphatic imine (C=N–C) groups is 1. The van der Waals surface area contributed by atoms with Crippen LogP contribution in [0.15, 0.2) is 82.9 Å². The van der Waals surface area contributed by atoms with Crippen LogP contribution in [0.25, 0.3) is 0 Å². The highest BCUT2D eigenvalue weighted by atomic mass is 35.5. The number of carbonyl (C=O) groups excluding carboxylic acids is 2. The lowest BCUT2D eigenvalue weighted by Gasteiger charge is -2.23. The van der Waals surface area contributed by atoms with Crippen LogP contribution in [0.1, 0.15) is 35.6 Å². The number of nitrogens with one attached hydrogen (secondary N) is 1. The van der Waals surface area contributed by atoms with Crippen LogP contribution in [0.2, 0.25) is 5.02 Å². The number of hydrogen-bond acceptors (Lipinski definition) is 6. The summed E-state index contributed by atoms with van der Waals surface area (Å²) in [6, 6.07) is 22.7. The lowest BCUT2D eigenvalue weighted by molar-refractivity contribution is -0.121. The molecule has 2 aliphatic heterocycles. The van der Waals surface area contributed by atoms with Crippen LogP contribution in [0.3, 0.4) is 0 Å². The minimum Gasteiger partial charge on any atom is -0.497 e. The van der Waals surface area contributed by atoms with Crippen molar-refractivity contribution in [2.75, 3.05) is 12.4 Å². The molecule has 2 atom stereocenters. The highest BCUT2D eigenvalue weighted by Gasteiger charge is 2.39. The number of methoxy groups -OCH3 is 1. The zero-order valence-corrected chi connectivity index (χ0v) is 21.9. The van der Waals surface area contributed by atoms with Gasteiger partial charge in [0.15, 0.2) is 5.17 Å². The van der Waals surface area contributed by atoms with Crippen molar-refractivity contribution in [1.29, 1.82) is 0 Å². The van der Waals surface area contributed by atoms with E-state index in [-0.39, 0.29) is 24.3 Å². The Balaban J connectivity index is 1.33. The van der Waals surface area contributed by atoms with Gasteiger partial charge in [-0.15, -0.1) is 0 Å². The number of rotatable bonds is 6. The van der Waals surface area contributed by atoms with Crippen LogP contribution >= 0.6 is 23.4 Å². The van der Waals surface area contributed by atoms with Crippen LogP contribution in [-0.2, 0) is 9.59 Å². The Morgan fingerprint density at radius 2 is 1.78 bits per heavy atom. The van der Waals surface area contributed by atoms with E-state index in [2.05, 4.69) is 34.6 Å². The molecule has 2 amide bonds. The second-order valence-corrected chi connectivity index (χ2v) is 10.5. The van der Waals surface area contributed by atoms with Crippen molar-refractivity contribution < 1.29 is 14.3 Å². The van der Waals surface area contributed by atoms with Gasteiger partial charge < -0.3 is 10.1 Å². The van der Waals surface area contributed by atoms with E-state index >= 15 is 0 Å². The SMILES string of the molecule is COc1ccc(NC(=O)C[C@H]2SC(N3N=C(c4ccc(C)cc4)C[C@H]3c3ccc(Cl)cc3)=NC2=O)cc1. The second kappa shape index (κ2) is 10.8. The molecule has 3 aromatic carbocycles. The van der Waals surface area contributed by atoms with Gasteiger partial charge in [0.25, 0.3) is 5.91 Å². The van der Waals surface area contributed by atoms with E-state index in [4.69, 9.17) is 21.4 Å². The molecule has 0 bridgehead atoms. The molecular weight excluding hydrogens is 508 g/mol. The molecule has 0 radical (unpaired) electrons. The summed E-state index contributed by atoms with van der Waals surface area (Å²) >= 11 is 7.40. The molecule has 0 fully saturated rings. The fraction of sp³-hybridized carbons (Fsp3) is 0.214. The Kier molecular flexibility index (Phi) is 7.30. The minimum absolute atomic E-state index is 0.0104. The summed E-state index contributed by atoms with van der Waals surface area (Å²) in [5.74, 6) is 0.106. The fourth-order valence-electron chi connectivity index (χ4n) is 4.21. The van der Waals surface area contributed by atoms with E-state index in [1.165, 1.54) is 17.3 Å². The second-order valence-electron chi connectivity index (χ2n) is 8.85. The molecule has 9 heteroatoms. The number of hydrazone groups is 1. The maximum absolute atomic E-state index is 12.8. The third kappa shape index (κ3) is 5.70. The van der Waals surface area contributed by atoms with E-state index in [1.54, 1.807) is 31.4 Å². The molecule has 2 heterocycles. The predicted molar refractivity (Wildman–Crippen MR) is 148 cm³/mol. The number of hydrogen-bond donors (Lipinski definition) is 1. The Labute approximate surface area is 224 Å². The minimum atomic E-state index is -0.613. The average molecular weight is 533 g/mol. The number of anilines is 1. The topological polar surface area (TPSA) is 83.4 Å².